The molecule has 0 unspecified atom stereocenters. The van der Waals surface area contributed by atoms with Crippen LogP contribution in [0.1, 0.15) is 31.9 Å². The van der Waals surface area contributed by atoms with Crippen LogP contribution >= 0.6 is 0 Å². The highest BCUT2D eigenvalue weighted by molar-refractivity contribution is 5.91. The Labute approximate surface area is 153 Å². The van der Waals surface area contributed by atoms with Crippen LogP contribution < -0.4 is 5.32 Å². The molecule has 0 aliphatic carbocycles. The fourth-order valence-corrected chi connectivity index (χ4v) is 3.69. The Bertz CT molecular complexity index is 954. The topological polar surface area (TPSA) is 59.8 Å². The molecule has 1 aliphatic heterocycles. The summed E-state index contributed by atoms with van der Waals surface area (Å²) in [5.74, 6) is 0.229. The smallest absolute Gasteiger partial charge is 0.158 e. The van der Waals surface area contributed by atoms with Crippen molar-refractivity contribution in [1.29, 1.82) is 0 Å². The van der Waals surface area contributed by atoms with Crippen molar-refractivity contribution in [3.8, 4) is 11.1 Å². The van der Waals surface area contributed by atoms with Gasteiger partial charge in [0.1, 0.15) is 0 Å². The van der Waals surface area contributed by atoms with Gasteiger partial charge < -0.3 is 5.32 Å². The van der Waals surface area contributed by atoms with E-state index in [1.807, 2.05) is 38.6 Å². The lowest BCUT2D eigenvalue weighted by Gasteiger charge is -2.33. The molecular formula is C21H24N4O. The number of aromatic nitrogens is 3. The van der Waals surface area contributed by atoms with E-state index in [9.17, 15) is 4.79 Å². The lowest BCUT2D eigenvalue weighted by molar-refractivity contribution is -0.125. The molecule has 134 valence electrons. The van der Waals surface area contributed by atoms with E-state index in [2.05, 4.69) is 33.6 Å². The highest BCUT2D eigenvalue weighted by Gasteiger charge is 2.33. The minimum absolute atomic E-state index is 0.229. The predicted octanol–water partition coefficient (Wildman–Crippen LogP) is 3.28. The molecular weight excluding hydrogens is 324 g/mol. The van der Waals surface area contributed by atoms with Gasteiger partial charge in [-0.15, -0.1) is 0 Å². The number of Topliss-reactive ketones (excluding diaryl/α,β-unsaturated/α-hetero) is 1. The zero-order chi connectivity index (χ0) is 18.1. The van der Waals surface area contributed by atoms with Gasteiger partial charge in [0.15, 0.2) is 5.78 Å². The number of carbonyl (C=O) groups is 1. The third kappa shape index (κ3) is 3.27. The Hall–Kier alpha value is -2.53. The molecule has 26 heavy (non-hydrogen) atoms. The number of carbonyl (C=O) groups excluding carboxylic acids is 1. The average Bonchev–Trinajstić information content (AvgIpc) is 3.08. The number of nitrogens with zero attached hydrogens (tertiary/aromatic N) is 3. The molecule has 4 rings (SSSR count). The van der Waals surface area contributed by atoms with E-state index in [0.29, 0.717) is 6.42 Å². The Morgan fingerprint density at radius 3 is 2.81 bits per heavy atom. The van der Waals surface area contributed by atoms with Crippen molar-refractivity contribution in [1.82, 2.24) is 20.1 Å². The van der Waals surface area contributed by atoms with Gasteiger partial charge in [-0.25, -0.2) is 0 Å². The Morgan fingerprint density at radius 1 is 1.19 bits per heavy atom. The fourth-order valence-electron chi connectivity index (χ4n) is 3.69. The van der Waals surface area contributed by atoms with Crippen LogP contribution in [-0.4, -0.2) is 32.6 Å². The summed E-state index contributed by atoms with van der Waals surface area (Å²) >= 11 is 0. The number of hydrogen-bond acceptors (Lipinski definition) is 4. The highest BCUT2D eigenvalue weighted by Crippen LogP contribution is 2.25. The number of pyridine rings is 1. The van der Waals surface area contributed by atoms with Crippen LogP contribution in [0, 0.1) is 0 Å². The summed E-state index contributed by atoms with van der Waals surface area (Å²) in [4.78, 5) is 17.3. The summed E-state index contributed by atoms with van der Waals surface area (Å²) in [6.45, 7) is 2.94. The van der Waals surface area contributed by atoms with Crippen molar-refractivity contribution < 1.29 is 4.79 Å². The van der Waals surface area contributed by atoms with Crippen LogP contribution in [0.5, 0.6) is 0 Å². The minimum Gasteiger partial charge on any atom is -0.305 e. The van der Waals surface area contributed by atoms with E-state index in [1.54, 1.807) is 4.68 Å². The molecule has 1 saturated heterocycles. The monoisotopic (exact) mass is 348 g/mol. The maximum atomic E-state index is 12.8. The number of nitrogens with one attached hydrogen (secondary N) is 1. The highest BCUT2D eigenvalue weighted by atomic mass is 16.1. The third-order valence-corrected chi connectivity index (χ3v) is 5.39. The molecule has 1 aliphatic rings. The van der Waals surface area contributed by atoms with Crippen LogP contribution in [0.15, 0.2) is 42.9 Å². The van der Waals surface area contributed by atoms with E-state index in [1.165, 1.54) is 0 Å². The first-order valence-corrected chi connectivity index (χ1v) is 9.20. The number of ketones is 1. The predicted molar refractivity (Wildman–Crippen MR) is 103 cm³/mol. The second-order valence-electron chi connectivity index (χ2n) is 7.46. The van der Waals surface area contributed by atoms with Gasteiger partial charge >= 0.3 is 0 Å². The molecule has 5 nitrogen and oxygen atoms in total. The van der Waals surface area contributed by atoms with Gasteiger partial charge in [0.2, 0.25) is 0 Å². The number of rotatable bonds is 4. The Morgan fingerprint density at radius 2 is 2.08 bits per heavy atom. The van der Waals surface area contributed by atoms with Gasteiger partial charge in [0.25, 0.3) is 0 Å². The lowest BCUT2D eigenvalue weighted by atomic mass is 9.85. The van der Waals surface area contributed by atoms with Gasteiger partial charge in [0.05, 0.1) is 18.2 Å². The number of benzene rings is 1. The van der Waals surface area contributed by atoms with Gasteiger partial charge in [-0.05, 0) is 55.8 Å². The molecule has 2 aromatic heterocycles. The first-order chi connectivity index (χ1) is 12.5. The quantitative estimate of drug-likeness (QED) is 0.786. The molecule has 3 heterocycles. The van der Waals surface area contributed by atoms with Gasteiger partial charge in [0, 0.05) is 36.1 Å². The largest absolute Gasteiger partial charge is 0.305 e. The van der Waals surface area contributed by atoms with Crippen molar-refractivity contribution in [2.45, 2.75) is 38.1 Å². The van der Waals surface area contributed by atoms with Crippen LogP contribution in [0.2, 0.25) is 0 Å². The summed E-state index contributed by atoms with van der Waals surface area (Å²) in [6, 6.07) is 8.33. The maximum Gasteiger partial charge on any atom is 0.158 e. The van der Waals surface area contributed by atoms with E-state index in [4.69, 9.17) is 0 Å². The van der Waals surface area contributed by atoms with Crippen molar-refractivity contribution in [3.63, 3.8) is 0 Å². The van der Waals surface area contributed by atoms with Gasteiger partial charge in [-0.1, -0.05) is 12.1 Å². The third-order valence-electron chi connectivity index (χ3n) is 5.39. The van der Waals surface area contributed by atoms with Crippen molar-refractivity contribution in [3.05, 3.63) is 48.5 Å². The molecule has 1 fully saturated rings. The summed E-state index contributed by atoms with van der Waals surface area (Å²) in [5.41, 5.74) is 2.63. The van der Waals surface area contributed by atoms with E-state index in [-0.39, 0.29) is 5.78 Å². The summed E-state index contributed by atoms with van der Waals surface area (Å²) < 4.78 is 1.80. The molecule has 0 spiro atoms. The second kappa shape index (κ2) is 6.65. The van der Waals surface area contributed by atoms with Crippen LogP contribution in [0.25, 0.3) is 21.9 Å². The fraction of sp³-hybridized carbons (Fsp3) is 0.381. The zero-order valence-corrected chi connectivity index (χ0v) is 15.3. The Balaban J connectivity index is 1.61. The molecule has 5 heteroatoms. The maximum absolute atomic E-state index is 12.8. The minimum atomic E-state index is -0.410. The second-order valence-corrected chi connectivity index (χ2v) is 7.46. The van der Waals surface area contributed by atoms with Crippen LogP contribution in [0.3, 0.4) is 0 Å². The average molecular weight is 348 g/mol. The summed E-state index contributed by atoms with van der Waals surface area (Å²) in [5, 5.41) is 9.82. The molecule has 3 aromatic rings. The molecule has 1 atom stereocenters. The van der Waals surface area contributed by atoms with E-state index in [0.717, 1.165) is 53.4 Å². The number of hydrogen-bond donors (Lipinski definition) is 1. The summed E-state index contributed by atoms with van der Waals surface area (Å²) in [7, 11) is 1.91. The van der Waals surface area contributed by atoms with Gasteiger partial charge in [-0.3, -0.25) is 14.5 Å². The van der Waals surface area contributed by atoms with Gasteiger partial charge in [-0.2, -0.15) is 5.10 Å². The molecule has 0 bridgehead atoms. The Kier molecular flexibility index (Phi) is 4.32. The standard InChI is InChI=1S/C21H24N4O/c1-21(7-3-4-8-23-21)20(26)11-19-10-17-9-15(5-6-16(17)12-22-19)18-13-24-25(2)14-18/h5-6,9-10,12-14,23H,3-4,7-8,11H2,1-2H3/t21-/m0/s1. The zero-order valence-electron chi connectivity index (χ0n) is 15.3. The normalized spacial score (nSPS) is 20.4. The van der Waals surface area contributed by atoms with E-state index >= 15 is 0 Å². The lowest BCUT2D eigenvalue weighted by Crippen LogP contribution is -2.52. The number of aryl methyl sites for hydroxylation is 1. The molecule has 0 saturated carbocycles. The molecule has 0 amide bonds. The van der Waals surface area contributed by atoms with Crippen molar-refractivity contribution >= 4 is 16.6 Å². The SMILES string of the molecule is Cn1cc(-c2ccc3cnc(CC(=O)[C@]4(C)CCCCN4)cc3c2)cn1. The molecule has 1 aromatic carbocycles. The summed E-state index contributed by atoms with van der Waals surface area (Å²) in [6.07, 6.45) is 9.26. The van der Waals surface area contributed by atoms with Crippen LogP contribution in [-0.2, 0) is 18.3 Å². The molecule has 1 N–H and O–H groups in total. The van der Waals surface area contributed by atoms with Crippen molar-refractivity contribution in [2.75, 3.05) is 6.54 Å². The van der Waals surface area contributed by atoms with Crippen molar-refractivity contribution in [2.24, 2.45) is 7.05 Å². The van der Waals surface area contributed by atoms with E-state index < -0.39 is 5.54 Å². The first kappa shape index (κ1) is 16.9. The molecule has 0 radical (unpaired) electrons. The number of piperidine rings is 1. The van der Waals surface area contributed by atoms with Crippen LogP contribution in [0.4, 0.5) is 0 Å². The number of fused-ring (bicyclic) bond motifs is 1. The first-order valence-electron chi connectivity index (χ1n) is 9.20.